The van der Waals surface area contributed by atoms with Crippen molar-refractivity contribution in [2.75, 3.05) is 25.0 Å². The van der Waals surface area contributed by atoms with Gasteiger partial charge >= 0.3 is 0 Å². The fourth-order valence-electron chi connectivity index (χ4n) is 5.03. The molecule has 3 amide bonds. The van der Waals surface area contributed by atoms with E-state index in [1.54, 1.807) is 46.1 Å². The molecule has 0 aliphatic carbocycles. The molecule has 0 atom stereocenters. The zero-order valence-corrected chi connectivity index (χ0v) is 22.0. The molecular weight excluding hydrogens is 550 g/mol. The van der Waals surface area contributed by atoms with Crippen LogP contribution in [0.3, 0.4) is 0 Å². The van der Waals surface area contributed by atoms with Crippen molar-refractivity contribution < 1.29 is 14.4 Å². The van der Waals surface area contributed by atoms with Gasteiger partial charge < -0.3 is 10.2 Å². The van der Waals surface area contributed by atoms with Crippen molar-refractivity contribution in [3.63, 3.8) is 0 Å². The molecule has 11 heteroatoms. The van der Waals surface area contributed by atoms with Crippen molar-refractivity contribution in [3.05, 3.63) is 87.9 Å². The molecule has 1 saturated heterocycles. The molecule has 0 bridgehead atoms. The summed E-state index contributed by atoms with van der Waals surface area (Å²) in [6.07, 6.45) is 6.74. The molecule has 4 aromatic rings. The Kier molecular flexibility index (Phi) is 6.36. The molecule has 38 heavy (non-hydrogen) atoms. The van der Waals surface area contributed by atoms with Gasteiger partial charge in [-0.15, -0.1) is 0 Å². The Morgan fingerprint density at radius 2 is 1.76 bits per heavy atom. The number of rotatable bonds is 6. The first kappa shape index (κ1) is 24.2. The Balaban J connectivity index is 1.13. The summed E-state index contributed by atoms with van der Waals surface area (Å²) in [4.78, 5) is 50.2. The molecule has 0 saturated carbocycles. The number of amides is 3. The Bertz CT molecular complexity index is 1510. The van der Waals surface area contributed by atoms with Crippen LogP contribution in [0.4, 0.5) is 5.82 Å². The van der Waals surface area contributed by atoms with Crippen molar-refractivity contribution in [2.24, 2.45) is 0 Å². The van der Waals surface area contributed by atoms with Gasteiger partial charge in [0.05, 0.1) is 21.8 Å². The van der Waals surface area contributed by atoms with Gasteiger partial charge in [-0.3, -0.25) is 24.3 Å². The van der Waals surface area contributed by atoms with Gasteiger partial charge in [0, 0.05) is 49.7 Å². The van der Waals surface area contributed by atoms with Crippen LogP contribution >= 0.6 is 15.9 Å². The summed E-state index contributed by atoms with van der Waals surface area (Å²) in [5, 5.41) is 7.89. The number of anilines is 1. The fraction of sp³-hybridized carbons (Fsp3) is 0.259. The number of hydrogen-bond donors (Lipinski definition) is 1. The summed E-state index contributed by atoms with van der Waals surface area (Å²) in [7, 11) is 0. The molecule has 192 valence electrons. The molecule has 2 aliphatic heterocycles. The minimum Gasteiger partial charge on any atom is -0.366 e. The van der Waals surface area contributed by atoms with Crippen LogP contribution in [-0.4, -0.2) is 66.7 Å². The molecular formula is C27H24BrN7O3. The first-order chi connectivity index (χ1) is 18.5. The highest BCUT2D eigenvalue weighted by molar-refractivity contribution is 9.10. The number of nitrogens with zero attached hydrogens (tertiary/aromatic N) is 6. The van der Waals surface area contributed by atoms with E-state index in [0.717, 1.165) is 44.9 Å². The minimum absolute atomic E-state index is 0.157. The number of halogens is 1. The van der Waals surface area contributed by atoms with Crippen molar-refractivity contribution >= 4 is 45.1 Å². The van der Waals surface area contributed by atoms with Gasteiger partial charge in [0.15, 0.2) is 5.65 Å². The minimum atomic E-state index is -0.413. The zero-order valence-electron chi connectivity index (χ0n) is 20.4. The molecule has 6 rings (SSSR count). The first-order valence-electron chi connectivity index (χ1n) is 12.4. The lowest BCUT2D eigenvalue weighted by atomic mass is 9.93. The van der Waals surface area contributed by atoms with E-state index in [9.17, 15) is 14.4 Å². The van der Waals surface area contributed by atoms with Crippen LogP contribution in [-0.2, 0) is 11.3 Å². The molecule has 0 unspecified atom stereocenters. The maximum absolute atomic E-state index is 13.0. The second-order valence-corrected chi connectivity index (χ2v) is 10.3. The smallest absolute Gasteiger partial charge is 0.262 e. The number of carbonyl (C=O) groups is 3. The van der Waals surface area contributed by atoms with Crippen molar-refractivity contribution in [3.8, 4) is 0 Å². The average molecular weight is 574 g/mol. The van der Waals surface area contributed by atoms with E-state index >= 15 is 0 Å². The van der Waals surface area contributed by atoms with Crippen LogP contribution in [0.25, 0.3) is 5.65 Å². The molecule has 0 radical (unpaired) electrons. The van der Waals surface area contributed by atoms with Gasteiger partial charge in [-0.1, -0.05) is 18.2 Å². The number of likely N-dealkylation sites (tertiary alicyclic amines) is 1. The lowest BCUT2D eigenvalue weighted by molar-refractivity contribution is -0.132. The number of nitrogens with one attached hydrogen (secondary N) is 1. The normalized spacial score (nSPS) is 15.8. The van der Waals surface area contributed by atoms with Gasteiger partial charge in [-0.2, -0.15) is 9.61 Å². The Morgan fingerprint density at radius 1 is 1.03 bits per heavy atom. The molecule has 1 N–H and O–H groups in total. The number of hydrogen-bond acceptors (Lipinski definition) is 7. The standard InChI is InChI=1S/C27H24BrN7O3/c28-21-15-31-35-23(30-14-17-4-3-9-29-13-17)12-22(32-25(21)35)18-7-10-33(11-8-18)24(36)16-34-26(37)19-5-1-2-6-20(19)27(34)38/h1-6,9,12-13,15,18,30H,7-8,10-11,14,16H2. The predicted octanol–water partition coefficient (Wildman–Crippen LogP) is 3.50. The Labute approximate surface area is 226 Å². The van der Waals surface area contributed by atoms with E-state index in [0.29, 0.717) is 30.8 Å². The number of aromatic nitrogens is 4. The monoisotopic (exact) mass is 573 g/mol. The van der Waals surface area contributed by atoms with Crippen molar-refractivity contribution in [1.29, 1.82) is 0 Å². The highest BCUT2D eigenvalue weighted by atomic mass is 79.9. The molecule has 3 aromatic heterocycles. The third-order valence-electron chi connectivity index (χ3n) is 7.08. The van der Waals surface area contributed by atoms with Gasteiger partial charge in [-0.25, -0.2) is 4.98 Å². The third kappa shape index (κ3) is 4.43. The lowest BCUT2D eigenvalue weighted by Crippen LogP contribution is -2.45. The van der Waals surface area contributed by atoms with E-state index in [2.05, 4.69) is 31.3 Å². The topological polar surface area (TPSA) is 113 Å². The maximum atomic E-state index is 13.0. The number of piperidine rings is 1. The SMILES string of the molecule is O=C(CN1C(=O)c2ccccc2C1=O)N1CCC(c2cc(NCc3cccnc3)n3ncc(Br)c3n2)CC1. The molecule has 10 nitrogen and oxygen atoms in total. The Morgan fingerprint density at radius 3 is 2.45 bits per heavy atom. The van der Waals surface area contributed by atoms with E-state index in [-0.39, 0.29) is 18.4 Å². The summed E-state index contributed by atoms with van der Waals surface area (Å²) in [6.45, 7) is 1.40. The van der Waals surface area contributed by atoms with Gasteiger partial charge in [0.2, 0.25) is 5.91 Å². The molecule has 1 fully saturated rings. The van der Waals surface area contributed by atoms with Crippen LogP contribution < -0.4 is 5.32 Å². The van der Waals surface area contributed by atoms with E-state index < -0.39 is 11.8 Å². The molecule has 0 spiro atoms. The number of pyridine rings is 1. The van der Waals surface area contributed by atoms with E-state index in [1.807, 2.05) is 24.4 Å². The van der Waals surface area contributed by atoms with E-state index in [1.165, 1.54) is 0 Å². The van der Waals surface area contributed by atoms with Crippen LogP contribution in [0.1, 0.15) is 50.7 Å². The number of carbonyl (C=O) groups excluding carboxylic acids is 3. The first-order valence-corrected chi connectivity index (χ1v) is 13.2. The second-order valence-electron chi connectivity index (χ2n) is 9.41. The third-order valence-corrected chi connectivity index (χ3v) is 7.64. The molecule has 1 aromatic carbocycles. The van der Waals surface area contributed by atoms with Crippen molar-refractivity contribution in [1.82, 2.24) is 29.4 Å². The largest absolute Gasteiger partial charge is 0.366 e. The lowest BCUT2D eigenvalue weighted by Gasteiger charge is -2.32. The van der Waals surface area contributed by atoms with Crippen LogP contribution in [0.2, 0.25) is 0 Å². The highest BCUT2D eigenvalue weighted by Gasteiger charge is 2.37. The average Bonchev–Trinajstić information content (AvgIpc) is 3.45. The predicted molar refractivity (Wildman–Crippen MR) is 143 cm³/mol. The quantitative estimate of drug-likeness (QED) is 0.351. The number of benzene rings is 1. The number of imide groups is 1. The zero-order chi connectivity index (χ0) is 26.2. The number of fused-ring (bicyclic) bond motifs is 2. The summed E-state index contributed by atoms with van der Waals surface area (Å²) in [6, 6.07) is 12.6. The van der Waals surface area contributed by atoms with Crippen LogP contribution in [0.5, 0.6) is 0 Å². The second kappa shape index (κ2) is 9.97. The summed E-state index contributed by atoms with van der Waals surface area (Å²) in [5.41, 5.74) is 3.41. The molecule has 5 heterocycles. The van der Waals surface area contributed by atoms with Gasteiger partial charge in [-0.05, 0) is 52.5 Å². The summed E-state index contributed by atoms with van der Waals surface area (Å²) in [5.74, 6) is -0.0698. The summed E-state index contributed by atoms with van der Waals surface area (Å²) < 4.78 is 2.57. The molecule has 2 aliphatic rings. The van der Waals surface area contributed by atoms with Crippen molar-refractivity contribution in [2.45, 2.75) is 25.3 Å². The Hall–Kier alpha value is -4.12. The summed E-state index contributed by atoms with van der Waals surface area (Å²) >= 11 is 3.55. The maximum Gasteiger partial charge on any atom is 0.262 e. The van der Waals surface area contributed by atoms with Crippen LogP contribution in [0, 0.1) is 0 Å². The van der Waals surface area contributed by atoms with Gasteiger partial charge in [0.25, 0.3) is 11.8 Å². The van der Waals surface area contributed by atoms with Gasteiger partial charge in [0.1, 0.15) is 12.4 Å². The fourth-order valence-corrected chi connectivity index (χ4v) is 5.38. The van der Waals surface area contributed by atoms with E-state index in [4.69, 9.17) is 4.98 Å². The van der Waals surface area contributed by atoms with Crippen LogP contribution in [0.15, 0.2) is 65.5 Å². The highest BCUT2D eigenvalue weighted by Crippen LogP contribution is 2.31.